The smallest absolute Gasteiger partial charge is 0.191 e. The first-order valence-electron chi connectivity index (χ1n) is 7.12. The van der Waals surface area contributed by atoms with Gasteiger partial charge in [0.05, 0.1) is 6.54 Å². The lowest BCUT2D eigenvalue weighted by atomic mass is 9.83. The molecular formula is C14H24N4O. The molecule has 0 aromatic carbocycles. The highest BCUT2D eigenvalue weighted by atomic mass is 16.5. The highest BCUT2D eigenvalue weighted by Crippen LogP contribution is 2.40. The molecule has 0 radical (unpaired) electrons. The quantitative estimate of drug-likeness (QED) is 0.633. The van der Waals surface area contributed by atoms with Crippen molar-refractivity contribution in [1.29, 1.82) is 0 Å². The summed E-state index contributed by atoms with van der Waals surface area (Å²) in [7, 11) is 1.80. The van der Waals surface area contributed by atoms with Gasteiger partial charge in [-0.25, -0.2) is 0 Å². The van der Waals surface area contributed by atoms with Crippen molar-refractivity contribution in [3.05, 3.63) is 18.0 Å². The minimum Gasteiger partial charge on any atom is -0.364 e. The summed E-state index contributed by atoms with van der Waals surface area (Å²) in [6, 6.07) is 1.85. The summed E-state index contributed by atoms with van der Waals surface area (Å²) in [5.74, 6) is 0.836. The molecule has 1 fully saturated rings. The molecule has 1 aliphatic carbocycles. The first kappa shape index (κ1) is 13.9. The molecule has 1 heterocycles. The second kappa shape index (κ2) is 6.59. The van der Waals surface area contributed by atoms with Gasteiger partial charge in [0.2, 0.25) is 0 Å². The highest BCUT2D eigenvalue weighted by Gasteiger charge is 2.31. The third kappa shape index (κ3) is 3.72. The molecule has 5 nitrogen and oxygen atoms in total. The van der Waals surface area contributed by atoms with E-state index >= 15 is 0 Å². The summed E-state index contributed by atoms with van der Waals surface area (Å²) < 4.78 is 4.80. The molecule has 19 heavy (non-hydrogen) atoms. The molecule has 0 spiro atoms. The van der Waals surface area contributed by atoms with E-state index in [9.17, 15) is 0 Å². The van der Waals surface area contributed by atoms with Crippen LogP contribution in [0.5, 0.6) is 0 Å². The number of aromatic nitrogens is 1. The zero-order valence-electron chi connectivity index (χ0n) is 11.9. The molecule has 1 aromatic rings. The molecule has 1 aliphatic rings. The van der Waals surface area contributed by atoms with E-state index in [1.807, 2.05) is 6.07 Å². The Morgan fingerprint density at radius 3 is 2.79 bits per heavy atom. The van der Waals surface area contributed by atoms with E-state index in [1.165, 1.54) is 32.1 Å². The molecule has 0 saturated heterocycles. The first-order valence-corrected chi connectivity index (χ1v) is 7.12. The maximum Gasteiger partial charge on any atom is 0.191 e. The average Bonchev–Trinajstić information content (AvgIpc) is 3.11. The van der Waals surface area contributed by atoms with Crippen LogP contribution in [0.15, 0.2) is 21.8 Å². The fourth-order valence-corrected chi connectivity index (χ4v) is 2.78. The van der Waals surface area contributed by atoms with Crippen molar-refractivity contribution in [1.82, 2.24) is 15.8 Å². The predicted octanol–water partition coefficient (Wildman–Crippen LogP) is 2.31. The number of guanidine groups is 1. The summed E-state index contributed by atoms with van der Waals surface area (Å²) in [5, 5.41) is 10.6. The average molecular weight is 264 g/mol. The number of hydrogen-bond donors (Lipinski definition) is 2. The predicted molar refractivity (Wildman–Crippen MR) is 75.9 cm³/mol. The summed E-state index contributed by atoms with van der Waals surface area (Å²) in [4.78, 5) is 4.25. The van der Waals surface area contributed by atoms with Gasteiger partial charge in [-0.1, -0.05) is 24.9 Å². The maximum absolute atomic E-state index is 4.80. The minimum absolute atomic E-state index is 0.464. The zero-order valence-corrected chi connectivity index (χ0v) is 11.9. The molecule has 5 heteroatoms. The minimum atomic E-state index is 0.464. The van der Waals surface area contributed by atoms with Crippen LogP contribution < -0.4 is 10.6 Å². The van der Waals surface area contributed by atoms with Crippen LogP contribution in [0.3, 0.4) is 0 Å². The molecular weight excluding hydrogens is 240 g/mol. The Morgan fingerprint density at radius 1 is 1.42 bits per heavy atom. The Kier molecular flexibility index (Phi) is 4.82. The molecule has 0 unspecified atom stereocenters. The Morgan fingerprint density at radius 2 is 2.21 bits per heavy atom. The van der Waals surface area contributed by atoms with Crippen LogP contribution in [0.1, 0.15) is 44.7 Å². The number of nitrogens with one attached hydrogen (secondary N) is 2. The Hall–Kier alpha value is -1.52. The summed E-state index contributed by atoms with van der Waals surface area (Å²) in [5.41, 5.74) is 1.35. The van der Waals surface area contributed by atoms with E-state index < -0.39 is 0 Å². The second-order valence-electron chi connectivity index (χ2n) is 5.33. The van der Waals surface area contributed by atoms with Crippen molar-refractivity contribution >= 4 is 5.96 Å². The van der Waals surface area contributed by atoms with Crippen molar-refractivity contribution in [2.24, 2.45) is 10.4 Å². The fraction of sp³-hybridized carbons (Fsp3) is 0.714. The fourth-order valence-electron chi connectivity index (χ4n) is 2.78. The van der Waals surface area contributed by atoms with Crippen LogP contribution in [0.4, 0.5) is 0 Å². The third-order valence-corrected chi connectivity index (χ3v) is 4.20. The number of aliphatic imine (C=N–C) groups is 1. The molecule has 1 saturated carbocycles. The number of rotatable bonds is 5. The maximum atomic E-state index is 4.80. The van der Waals surface area contributed by atoms with Crippen LogP contribution in [0.2, 0.25) is 0 Å². The van der Waals surface area contributed by atoms with E-state index in [4.69, 9.17) is 4.52 Å². The summed E-state index contributed by atoms with van der Waals surface area (Å²) in [6.45, 7) is 3.93. The Labute approximate surface area is 114 Å². The molecule has 106 valence electrons. The van der Waals surface area contributed by atoms with Crippen LogP contribution >= 0.6 is 0 Å². The van der Waals surface area contributed by atoms with Crippen LogP contribution in [-0.4, -0.2) is 24.7 Å². The molecule has 1 aromatic heterocycles. The zero-order chi connectivity index (χ0) is 13.6. The van der Waals surface area contributed by atoms with Gasteiger partial charge in [0.25, 0.3) is 0 Å². The highest BCUT2D eigenvalue weighted by molar-refractivity contribution is 5.79. The summed E-state index contributed by atoms with van der Waals surface area (Å²) in [6.07, 6.45) is 8.20. The van der Waals surface area contributed by atoms with Crippen molar-refractivity contribution in [2.45, 2.75) is 45.6 Å². The van der Waals surface area contributed by atoms with E-state index in [2.05, 4.69) is 27.7 Å². The van der Waals surface area contributed by atoms with Gasteiger partial charge >= 0.3 is 0 Å². The van der Waals surface area contributed by atoms with Gasteiger partial charge < -0.3 is 15.2 Å². The van der Waals surface area contributed by atoms with Crippen molar-refractivity contribution in [2.75, 3.05) is 13.6 Å². The lowest BCUT2D eigenvalue weighted by Gasteiger charge is -2.28. The van der Waals surface area contributed by atoms with Crippen LogP contribution in [-0.2, 0) is 6.54 Å². The molecule has 0 atom stereocenters. The Balaban J connectivity index is 1.79. The van der Waals surface area contributed by atoms with Crippen LogP contribution in [0.25, 0.3) is 0 Å². The SMILES string of the molecule is CCC1(CNC(=NC)NCc2ccon2)CCCC1. The summed E-state index contributed by atoms with van der Waals surface area (Å²) >= 11 is 0. The first-order chi connectivity index (χ1) is 9.28. The van der Waals surface area contributed by atoms with Gasteiger partial charge in [-0.2, -0.15) is 0 Å². The lowest BCUT2D eigenvalue weighted by Crippen LogP contribution is -2.42. The van der Waals surface area contributed by atoms with Crippen molar-refractivity contribution < 1.29 is 4.52 Å². The van der Waals surface area contributed by atoms with Gasteiger partial charge in [-0.05, 0) is 24.7 Å². The Bertz CT molecular complexity index is 394. The van der Waals surface area contributed by atoms with Crippen LogP contribution in [0, 0.1) is 5.41 Å². The standard InChI is InChI=1S/C14H24N4O/c1-3-14(7-4-5-8-14)11-17-13(15-2)16-10-12-6-9-19-18-12/h6,9H,3-5,7-8,10-11H2,1-2H3,(H2,15,16,17). The third-order valence-electron chi connectivity index (χ3n) is 4.20. The second-order valence-corrected chi connectivity index (χ2v) is 5.33. The van der Waals surface area contributed by atoms with Gasteiger partial charge in [0, 0.05) is 19.7 Å². The van der Waals surface area contributed by atoms with E-state index in [1.54, 1.807) is 13.3 Å². The van der Waals surface area contributed by atoms with E-state index in [0.717, 1.165) is 18.2 Å². The van der Waals surface area contributed by atoms with Gasteiger partial charge in [-0.15, -0.1) is 0 Å². The topological polar surface area (TPSA) is 62.5 Å². The molecule has 0 aliphatic heterocycles. The molecule has 2 rings (SSSR count). The van der Waals surface area contributed by atoms with Gasteiger partial charge in [0.1, 0.15) is 12.0 Å². The van der Waals surface area contributed by atoms with E-state index in [0.29, 0.717) is 12.0 Å². The monoisotopic (exact) mass is 264 g/mol. The van der Waals surface area contributed by atoms with Crippen molar-refractivity contribution in [3.8, 4) is 0 Å². The normalized spacial score (nSPS) is 18.5. The largest absolute Gasteiger partial charge is 0.364 e. The molecule has 0 bridgehead atoms. The van der Waals surface area contributed by atoms with Gasteiger partial charge in [0.15, 0.2) is 5.96 Å². The van der Waals surface area contributed by atoms with Gasteiger partial charge in [-0.3, -0.25) is 4.99 Å². The molecule has 0 amide bonds. The van der Waals surface area contributed by atoms with E-state index in [-0.39, 0.29) is 0 Å². The lowest BCUT2D eigenvalue weighted by molar-refractivity contribution is 0.283. The number of nitrogens with zero attached hydrogens (tertiary/aromatic N) is 2. The van der Waals surface area contributed by atoms with Crippen molar-refractivity contribution in [3.63, 3.8) is 0 Å². The number of hydrogen-bond acceptors (Lipinski definition) is 3. The molecule has 2 N–H and O–H groups in total.